The van der Waals surface area contributed by atoms with Gasteiger partial charge in [0, 0.05) is 17.5 Å². The van der Waals surface area contributed by atoms with Crippen molar-refractivity contribution in [2.24, 2.45) is 0 Å². The highest BCUT2D eigenvalue weighted by atomic mass is 35.5. The zero-order valence-electron chi connectivity index (χ0n) is 9.54. The molecule has 0 amide bonds. The van der Waals surface area contributed by atoms with Crippen molar-refractivity contribution in [2.75, 3.05) is 6.54 Å². The summed E-state index contributed by atoms with van der Waals surface area (Å²) >= 11 is 5.83. The van der Waals surface area contributed by atoms with E-state index in [1.165, 1.54) is 5.56 Å². The molecule has 0 unspecified atom stereocenters. The SMILES string of the molecule is C[C@@H](NCCCCC#N)c1ccc(Cl)cc1. The van der Waals surface area contributed by atoms with Crippen LogP contribution in [0.25, 0.3) is 0 Å². The summed E-state index contributed by atoms with van der Waals surface area (Å²) in [6, 6.07) is 10.4. The van der Waals surface area contributed by atoms with E-state index in [-0.39, 0.29) is 0 Å². The molecule has 0 aliphatic rings. The van der Waals surface area contributed by atoms with Crippen molar-refractivity contribution in [3.8, 4) is 6.07 Å². The molecule has 0 radical (unpaired) electrons. The van der Waals surface area contributed by atoms with E-state index in [9.17, 15) is 0 Å². The first-order chi connectivity index (χ1) is 7.74. The third kappa shape index (κ3) is 4.65. The first-order valence-electron chi connectivity index (χ1n) is 5.60. The van der Waals surface area contributed by atoms with Gasteiger partial charge in [0.2, 0.25) is 0 Å². The molecule has 0 heterocycles. The summed E-state index contributed by atoms with van der Waals surface area (Å²) in [7, 11) is 0. The van der Waals surface area contributed by atoms with Gasteiger partial charge in [-0.25, -0.2) is 0 Å². The van der Waals surface area contributed by atoms with Gasteiger partial charge in [-0.15, -0.1) is 0 Å². The molecule has 1 aromatic carbocycles. The summed E-state index contributed by atoms with van der Waals surface area (Å²) in [5.41, 5.74) is 1.24. The Morgan fingerprint density at radius 3 is 2.62 bits per heavy atom. The summed E-state index contributed by atoms with van der Waals surface area (Å²) in [5, 5.41) is 12.6. The van der Waals surface area contributed by atoms with Gasteiger partial charge in [0.1, 0.15) is 0 Å². The molecule has 0 saturated carbocycles. The van der Waals surface area contributed by atoms with E-state index in [1.54, 1.807) is 0 Å². The monoisotopic (exact) mass is 236 g/mol. The fourth-order valence-electron chi connectivity index (χ4n) is 1.52. The van der Waals surface area contributed by atoms with E-state index in [0.29, 0.717) is 12.5 Å². The van der Waals surface area contributed by atoms with Crippen LogP contribution < -0.4 is 5.32 Å². The van der Waals surface area contributed by atoms with E-state index in [0.717, 1.165) is 24.4 Å². The molecule has 0 aromatic heterocycles. The number of nitrogens with one attached hydrogen (secondary N) is 1. The van der Waals surface area contributed by atoms with Gasteiger partial charge >= 0.3 is 0 Å². The highest BCUT2D eigenvalue weighted by Gasteiger charge is 2.03. The number of rotatable bonds is 6. The molecule has 86 valence electrons. The van der Waals surface area contributed by atoms with Crippen LogP contribution >= 0.6 is 11.6 Å². The van der Waals surface area contributed by atoms with Crippen molar-refractivity contribution >= 4 is 11.6 Å². The molecule has 2 nitrogen and oxygen atoms in total. The minimum absolute atomic E-state index is 0.333. The van der Waals surface area contributed by atoms with Gasteiger partial charge in [-0.3, -0.25) is 0 Å². The largest absolute Gasteiger partial charge is 0.310 e. The maximum absolute atomic E-state index is 8.40. The first kappa shape index (κ1) is 13.0. The molecule has 1 N–H and O–H groups in total. The van der Waals surface area contributed by atoms with Gasteiger partial charge in [-0.05, 0) is 44.0 Å². The van der Waals surface area contributed by atoms with Crippen molar-refractivity contribution in [3.63, 3.8) is 0 Å². The maximum atomic E-state index is 8.40. The number of nitriles is 1. The zero-order chi connectivity index (χ0) is 11.8. The molecule has 0 fully saturated rings. The topological polar surface area (TPSA) is 35.8 Å². The Kier molecular flexibility index (Phi) is 5.92. The average Bonchev–Trinajstić information content (AvgIpc) is 2.29. The maximum Gasteiger partial charge on any atom is 0.0621 e. The molecular formula is C13H17ClN2. The molecule has 1 atom stereocenters. The second-order valence-corrected chi connectivity index (χ2v) is 4.28. The molecule has 0 bridgehead atoms. The standard InChI is InChI=1S/C13H17ClN2/c1-11(16-10-4-2-3-9-15)12-5-7-13(14)8-6-12/h5-8,11,16H,2-4,10H2,1H3/t11-/m1/s1. The van der Waals surface area contributed by atoms with Crippen LogP contribution in [0.4, 0.5) is 0 Å². The van der Waals surface area contributed by atoms with Gasteiger partial charge in [0.15, 0.2) is 0 Å². The van der Waals surface area contributed by atoms with Crippen LogP contribution in [0, 0.1) is 11.3 Å². The van der Waals surface area contributed by atoms with Gasteiger partial charge in [0.05, 0.1) is 6.07 Å². The molecule has 16 heavy (non-hydrogen) atoms. The smallest absolute Gasteiger partial charge is 0.0621 e. The van der Waals surface area contributed by atoms with Crippen LogP contribution in [0.2, 0.25) is 5.02 Å². The van der Waals surface area contributed by atoms with Gasteiger partial charge in [-0.1, -0.05) is 23.7 Å². The normalized spacial score (nSPS) is 12.1. The summed E-state index contributed by atoms with van der Waals surface area (Å²) < 4.78 is 0. The number of hydrogen-bond donors (Lipinski definition) is 1. The van der Waals surface area contributed by atoms with E-state index in [1.807, 2.05) is 24.3 Å². The molecule has 1 aromatic rings. The summed E-state index contributed by atoms with van der Waals surface area (Å²) in [6.45, 7) is 3.08. The fraction of sp³-hybridized carbons (Fsp3) is 0.462. The summed E-state index contributed by atoms with van der Waals surface area (Å²) in [5.74, 6) is 0. The minimum atomic E-state index is 0.333. The molecule has 0 aliphatic heterocycles. The minimum Gasteiger partial charge on any atom is -0.310 e. The van der Waals surface area contributed by atoms with Crippen molar-refractivity contribution in [1.29, 1.82) is 5.26 Å². The zero-order valence-corrected chi connectivity index (χ0v) is 10.3. The Balaban J connectivity index is 2.27. The fourth-order valence-corrected chi connectivity index (χ4v) is 1.64. The molecule has 0 spiro atoms. The van der Waals surface area contributed by atoms with Gasteiger partial charge in [0.25, 0.3) is 0 Å². The van der Waals surface area contributed by atoms with Crippen LogP contribution in [-0.2, 0) is 0 Å². The molecule has 0 saturated heterocycles. The van der Waals surface area contributed by atoms with Crippen LogP contribution in [-0.4, -0.2) is 6.54 Å². The predicted octanol–water partition coefficient (Wildman–Crippen LogP) is 3.68. The van der Waals surface area contributed by atoms with E-state index in [4.69, 9.17) is 16.9 Å². The number of unbranched alkanes of at least 4 members (excludes halogenated alkanes) is 2. The van der Waals surface area contributed by atoms with Crippen molar-refractivity contribution in [1.82, 2.24) is 5.32 Å². The first-order valence-corrected chi connectivity index (χ1v) is 5.97. The second kappa shape index (κ2) is 7.27. The molecule has 0 aliphatic carbocycles. The Bertz CT molecular complexity index is 340. The lowest BCUT2D eigenvalue weighted by molar-refractivity contribution is 0.549. The van der Waals surface area contributed by atoms with Crippen molar-refractivity contribution in [2.45, 2.75) is 32.2 Å². The molecule has 1 rings (SSSR count). The lowest BCUT2D eigenvalue weighted by Gasteiger charge is -2.13. The number of nitrogens with zero attached hydrogens (tertiary/aromatic N) is 1. The third-order valence-corrected chi connectivity index (χ3v) is 2.79. The van der Waals surface area contributed by atoms with Crippen LogP contribution in [0.5, 0.6) is 0 Å². The Labute approximate surface area is 102 Å². The van der Waals surface area contributed by atoms with E-state index >= 15 is 0 Å². The number of hydrogen-bond acceptors (Lipinski definition) is 2. The van der Waals surface area contributed by atoms with Crippen LogP contribution in [0.3, 0.4) is 0 Å². The second-order valence-electron chi connectivity index (χ2n) is 3.84. The molecular weight excluding hydrogens is 220 g/mol. The lowest BCUT2D eigenvalue weighted by atomic mass is 10.1. The Hall–Kier alpha value is -1.04. The van der Waals surface area contributed by atoms with Crippen LogP contribution in [0.1, 0.15) is 37.8 Å². The third-order valence-electron chi connectivity index (χ3n) is 2.54. The number of benzene rings is 1. The van der Waals surface area contributed by atoms with Crippen molar-refractivity contribution in [3.05, 3.63) is 34.9 Å². The predicted molar refractivity (Wildman–Crippen MR) is 67.3 cm³/mol. The summed E-state index contributed by atoms with van der Waals surface area (Å²) in [4.78, 5) is 0. The summed E-state index contributed by atoms with van der Waals surface area (Å²) in [6.07, 6.45) is 2.67. The van der Waals surface area contributed by atoms with Crippen molar-refractivity contribution < 1.29 is 0 Å². The molecule has 3 heteroatoms. The Morgan fingerprint density at radius 2 is 2.00 bits per heavy atom. The van der Waals surface area contributed by atoms with E-state index in [2.05, 4.69) is 18.3 Å². The number of halogens is 1. The van der Waals surface area contributed by atoms with Gasteiger partial charge in [-0.2, -0.15) is 5.26 Å². The average molecular weight is 237 g/mol. The van der Waals surface area contributed by atoms with E-state index < -0.39 is 0 Å². The lowest BCUT2D eigenvalue weighted by Crippen LogP contribution is -2.19. The van der Waals surface area contributed by atoms with Crippen LogP contribution in [0.15, 0.2) is 24.3 Å². The Morgan fingerprint density at radius 1 is 1.31 bits per heavy atom. The quantitative estimate of drug-likeness (QED) is 0.765. The highest BCUT2D eigenvalue weighted by Crippen LogP contribution is 2.15. The highest BCUT2D eigenvalue weighted by molar-refractivity contribution is 6.30. The van der Waals surface area contributed by atoms with Gasteiger partial charge < -0.3 is 5.32 Å².